The fraction of sp³-hybridized carbons (Fsp3) is 0.360. The SMILES string of the molecule is CO[C@@H]1[C@@H](N=[N+]=[N-])[C@H]2OC(c3ccccc3)OC[C@H]2O[C@H]1c1cc(C(N)=O)nn1-c1cc(Cl)ccc1C(F)(F)F. The highest BCUT2D eigenvalue weighted by Gasteiger charge is 2.51. The van der Waals surface area contributed by atoms with Crippen LogP contribution in [-0.4, -0.2) is 53.8 Å². The van der Waals surface area contributed by atoms with E-state index in [1.165, 1.54) is 13.2 Å². The molecule has 0 spiro atoms. The molecule has 0 bridgehead atoms. The maximum atomic E-state index is 14.0. The van der Waals surface area contributed by atoms with E-state index in [0.29, 0.717) is 0 Å². The smallest absolute Gasteiger partial charge is 0.378 e. The third kappa shape index (κ3) is 5.24. The summed E-state index contributed by atoms with van der Waals surface area (Å²) in [4.78, 5) is 15.0. The van der Waals surface area contributed by atoms with Gasteiger partial charge in [0.05, 0.1) is 29.6 Å². The molecule has 0 aliphatic carbocycles. The van der Waals surface area contributed by atoms with Crippen molar-refractivity contribution in [3.05, 3.63) is 92.6 Å². The Morgan fingerprint density at radius 2 is 1.98 bits per heavy atom. The zero-order valence-electron chi connectivity index (χ0n) is 20.7. The molecular formula is C25H22ClF3N6O5. The van der Waals surface area contributed by atoms with E-state index in [-0.39, 0.29) is 23.0 Å². The Labute approximate surface area is 230 Å². The molecular weight excluding hydrogens is 557 g/mol. The maximum Gasteiger partial charge on any atom is 0.418 e. The number of hydrogen-bond acceptors (Lipinski definition) is 7. The van der Waals surface area contributed by atoms with Crippen LogP contribution in [0.4, 0.5) is 13.2 Å². The predicted molar refractivity (Wildman–Crippen MR) is 133 cm³/mol. The Morgan fingerprint density at radius 1 is 1.23 bits per heavy atom. The van der Waals surface area contributed by atoms with Crippen LogP contribution in [0, 0.1) is 0 Å². The second-order valence-electron chi connectivity index (χ2n) is 9.06. The molecule has 0 radical (unpaired) electrons. The largest absolute Gasteiger partial charge is 0.418 e. The van der Waals surface area contributed by atoms with Gasteiger partial charge in [-0.2, -0.15) is 18.3 Å². The van der Waals surface area contributed by atoms with Gasteiger partial charge in [-0.1, -0.05) is 47.0 Å². The van der Waals surface area contributed by atoms with E-state index in [9.17, 15) is 23.5 Å². The number of carbonyl (C=O) groups excluding carboxylic acids is 1. The molecule has 6 atom stereocenters. The molecule has 3 aromatic rings. The van der Waals surface area contributed by atoms with E-state index >= 15 is 0 Å². The molecule has 2 saturated heterocycles. The Hall–Kier alpha value is -3.65. The average molecular weight is 579 g/mol. The van der Waals surface area contributed by atoms with E-state index in [2.05, 4.69) is 15.1 Å². The molecule has 3 heterocycles. The number of benzene rings is 2. The zero-order valence-corrected chi connectivity index (χ0v) is 21.5. The van der Waals surface area contributed by atoms with E-state index < -0.39 is 60.1 Å². The van der Waals surface area contributed by atoms with Gasteiger partial charge in [0.1, 0.15) is 24.4 Å². The number of aromatic nitrogens is 2. The second kappa shape index (κ2) is 11.1. The minimum absolute atomic E-state index is 0.00358. The van der Waals surface area contributed by atoms with Gasteiger partial charge in [-0.05, 0) is 29.8 Å². The van der Waals surface area contributed by atoms with Gasteiger partial charge in [-0.3, -0.25) is 4.79 Å². The Balaban J connectivity index is 1.60. The molecule has 2 N–H and O–H groups in total. The first kappa shape index (κ1) is 27.9. The summed E-state index contributed by atoms with van der Waals surface area (Å²) in [6, 6.07) is 12.2. The van der Waals surface area contributed by atoms with E-state index in [1.54, 1.807) is 12.1 Å². The summed E-state index contributed by atoms with van der Waals surface area (Å²) in [6.07, 6.45) is -9.50. The molecule has 11 nitrogen and oxygen atoms in total. The summed E-state index contributed by atoms with van der Waals surface area (Å²) in [7, 11) is 1.32. The van der Waals surface area contributed by atoms with Gasteiger partial charge in [0.25, 0.3) is 5.91 Å². The summed E-state index contributed by atoms with van der Waals surface area (Å²) in [6.45, 7) is -0.00358. The van der Waals surface area contributed by atoms with Crippen LogP contribution in [0.1, 0.15) is 39.7 Å². The second-order valence-corrected chi connectivity index (χ2v) is 9.49. The van der Waals surface area contributed by atoms with Crippen molar-refractivity contribution in [1.82, 2.24) is 9.78 Å². The molecule has 2 aliphatic heterocycles. The fourth-order valence-electron chi connectivity index (χ4n) is 4.90. The summed E-state index contributed by atoms with van der Waals surface area (Å²) >= 11 is 6.06. The van der Waals surface area contributed by atoms with Crippen LogP contribution in [-0.2, 0) is 25.1 Å². The first-order valence-corrected chi connectivity index (χ1v) is 12.3. The minimum Gasteiger partial charge on any atom is -0.378 e. The van der Waals surface area contributed by atoms with E-state index in [4.69, 9.17) is 36.3 Å². The molecule has 5 rings (SSSR count). The number of alkyl halides is 3. The van der Waals surface area contributed by atoms with Crippen LogP contribution in [0.2, 0.25) is 5.02 Å². The van der Waals surface area contributed by atoms with Gasteiger partial charge in [-0.25, -0.2) is 4.68 Å². The number of nitrogens with two attached hydrogens (primary N) is 1. The number of methoxy groups -OCH3 is 1. The zero-order chi connectivity index (χ0) is 28.6. The molecule has 210 valence electrons. The van der Waals surface area contributed by atoms with Gasteiger partial charge in [0.15, 0.2) is 12.0 Å². The molecule has 0 saturated carbocycles. The number of amides is 1. The highest BCUT2D eigenvalue weighted by Crippen LogP contribution is 2.43. The van der Waals surface area contributed by atoms with Crippen LogP contribution in [0.25, 0.3) is 16.1 Å². The summed E-state index contributed by atoms with van der Waals surface area (Å²) in [5, 5.41) is 7.95. The monoisotopic (exact) mass is 578 g/mol. The quantitative estimate of drug-likeness (QED) is 0.250. The number of rotatable bonds is 6. The predicted octanol–water partition coefficient (Wildman–Crippen LogP) is 4.89. The topological polar surface area (TPSA) is 147 Å². The van der Waals surface area contributed by atoms with Gasteiger partial charge in [0.2, 0.25) is 0 Å². The lowest BCUT2D eigenvalue weighted by molar-refractivity contribution is -0.310. The van der Waals surface area contributed by atoms with Crippen molar-refractivity contribution in [3.8, 4) is 5.69 Å². The van der Waals surface area contributed by atoms with Crippen molar-refractivity contribution >= 4 is 17.5 Å². The third-order valence-corrected chi connectivity index (χ3v) is 6.89. The Bertz CT molecular complexity index is 1450. The minimum atomic E-state index is -4.79. The van der Waals surface area contributed by atoms with Gasteiger partial charge in [0, 0.05) is 22.6 Å². The molecule has 40 heavy (non-hydrogen) atoms. The summed E-state index contributed by atoms with van der Waals surface area (Å²) in [5.41, 5.74) is 13.7. The average Bonchev–Trinajstić information content (AvgIpc) is 3.38. The first-order valence-electron chi connectivity index (χ1n) is 11.9. The molecule has 1 unspecified atom stereocenters. The number of hydrogen-bond donors (Lipinski definition) is 1. The molecule has 15 heteroatoms. The lowest BCUT2D eigenvalue weighted by atomic mass is 9.90. The van der Waals surface area contributed by atoms with Crippen molar-refractivity contribution in [1.29, 1.82) is 0 Å². The lowest BCUT2D eigenvalue weighted by Gasteiger charge is -2.48. The first-order chi connectivity index (χ1) is 19.1. The number of primary amides is 1. The number of halogens is 4. The van der Waals surface area contributed by atoms with Crippen molar-refractivity contribution in [3.63, 3.8) is 0 Å². The van der Waals surface area contributed by atoms with Gasteiger partial charge < -0.3 is 24.7 Å². The maximum absolute atomic E-state index is 14.0. The number of nitrogens with zero attached hydrogens (tertiary/aromatic N) is 5. The van der Waals surface area contributed by atoms with Crippen molar-refractivity contribution < 1.29 is 36.9 Å². The van der Waals surface area contributed by atoms with Crippen LogP contribution in [0.5, 0.6) is 0 Å². The molecule has 1 amide bonds. The third-order valence-electron chi connectivity index (χ3n) is 6.66. The van der Waals surface area contributed by atoms with Crippen LogP contribution < -0.4 is 5.73 Å². The van der Waals surface area contributed by atoms with E-state index in [1.807, 2.05) is 18.2 Å². The summed E-state index contributed by atoms with van der Waals surface area (Å²) in [5.74, 6) is -0.986. The van der Waals surface area contributed by atoms with E-state index in [0.717, 1.165) is 28.4 Å². The number of azide groups is 1. The fourth-order valence-corrected chi connectivity index (χ4v) is 5.07. The van der Waals surface area contributed by atoms with Gasteiger partial charge in [-0.15, -0.1) is 0 Å². The number of fused-ring (bicyclic) bond motifs is 1. The number of ether oxygens (including phenoxy) is 4. The lowest BCUT2D eigenvalue weighted by Crippen LogP contribution is -2.59. The Kier molecular flexibility index (Phi) is 7.73. The van der Waals surface area contributed by atoms with Crippen LogP contribution >= 0.6 is 11.6 Å². The molecule has 2 fully saturated rings. The van der Waals surface area contributed by atoms with Crippen molar-refractivity contribution in [2.75, 3.05) is 13.7 Å². The van der Waals surface area contributed by atoms with Crippen molar-refractivity contribution in [2.45, 2.75) is 42.9 Å². The highest BCUT2D eigenvalue weighted by molar-refractivity contribution is 6.30. The molecule has 1 aromatic heterocycles. The molecule has 2 aromatic carbocycles. The van der Waals surface area contributed by atoms with Gasteiger partial charge >= 0.3 is 6.18 Å². The number of carbonyl (C=O) groups is 1. The Morgan fingerprint density at radius 3 is 2.62 bits per heavy atom. The normalized spacial score (nSPS) is 26.5. The highest BCUT2D eigenvalue weighted by atomic mass is 35.5. The van der Waals surface area contributed by atoms with Crippen LogP contribution in [0.3, 0.4) is 0 Å². The van der Waals surface area contributed by atoms with Crippen molar-refractivity contribution in [2.24, 2.45) is 10.8 Å². The standard InChI is InChI=1S/C25H22ClF3N6O5/c1-37-22-19(32-34-31)21-18(11-38-24(40-21)12-5-3-2-4-6-12)39-20(22)17-10-15(23(30)36)33-35(17)16-9-13(26)7-8-14(16)25(27,28)29/h2-10,18-22,24H,11H2,1H3,(H2,30,36)/t18-,19+,20+,21+,22-,24?/m1/s1. The summed E-state index contributed by atoms with van der Waals surface area (Å²) < 4.78 is 66.8. The molecule has 2 aliphatic rings. The van der Waals surface area contributed by atoms with Crippen LogP contribution in [0.15, 0.2) is 59.7 Å².